The predicted octanol–water partition coefficient (Wildman–Crippen LogP) is 2.66. The summed E-state index contributed by atoms with van der Waals surface area (Å²) in [5.74, 6) is 0.880. The lowest BCUT2D eigenvalue weighted by atomic mass is 9.94. The number of hydrogen-bond donors (Lipinski definition) is 0. The van der Waals surface area contributed by atoms with E-state index in [4.69, 9.17) is 4.74 Å². The fourth-order valence-electron chi connectivity index (χ4n) is 2.67. The summed E-state index contributed by atoms with van der Waals surface area (Å²) in [6.07, 6.45) is 5.76. The largest absolute Gasteiger partial charge is 0.377 e. The van der Waals surface area contributed by atoms with Crippen molar-refractivity contribution in [3.05, 3.63) is 0 Å². The molecule has 0 amide bonds. The maximum absolute atomic E-state index is 5.68. The molecule has 0 aromatic heterocycles. The fourth-order valence-corrected chi connectivity index (χ4v) is 3.20. The Balaban J connectivity index is 1.68. The number of alkyl halides is 1. The zero-order chi connectivity index (χ0) is 10.7. The van der Waals surface area contributed by atoms with Crippen molar-refractivity contribution in [1.82, 2.24) is 4.90 Å². The number of hydrogen-bond acceptors (Lipinski definition) is 2. The van der Waals surface area contributed by atoms with Crippen LogP contribution in [0.1, 0.15) is 32.6 Å². The highest BCUT2D eigenvalue weighted by atomic mass is 79.9. The van der Waals surface area contributed by atoms with Crippen LogP contribution in [0, 0.1) is 5.92 Å². The first-order valence-corrected chi connectivity index (χ1v) is 7.15. The van der Waals surface area contributed by atoms with Crippen LogP contribution >= 0.6 is 15.9 Å². The van der Waals surface area contributed by atoms with Crippen molar-refractivity contribution >= 4 is 15.9 Å². The Kier molecular flexibility index (Phi) is 4.47. The molecule has 2 saturated heterocycles. The summed E-state index contributed by atoms with van der Waals surface area (Å²) in [4.78, 5) is 3.27. The van der Waals surface area contributed by atoms with Crippen LogP contribution in [0.3, 0.4) is 0 Å². The van der Waals surface area contributed by atoms with E-state index in [1.165, 1.54) is 45.3 Å². The second-order valence-electron chi connectivity index (χ2n) is 4.95. The number of nitrogens with zero attached hydrogens (tertiary/aromatic N) is 1. The third kappa shape index (κ3) is 3.43. The van der Waals surface area contributed by atoms with Gasteiger partial charge in [-0.05, 0) is 44.7 Å². The number of likely N-dealkylation sites (tertiary alicyclic amines) is 1. The van der Waals surface area contributed by atoms with E-state index in [2.05, 4.69) is 27.8 Å². The number of ether oxygens (including phenoxy) is 1. The summed E-state index contributed by atoms with van der Waals surface area (Å²) < 4.78 is 5.68. The molecule has 0 N–H and O–H groups in total. The lowest BCUT2D eigenvalue weighted by Crippen LogP contribution is -2.40. The van der Waals surface area contributed by atoms with Gasteiger partial charge in [0, 0.05) is 18.0 Å². The molecule has 2 nitrogen and oxygen atoms in total. The topological polar surface area (TPSA) is 12.5 Å². The van der Waals surface area contributed by atoms with Gasteiger partial charge in [-0.15, -0.1) is 0 Å². The van der Waals surface area contributed by atoms with E-state index >= 15 is 0 Å². The molecule has 2 aliphatic rings. The Hall–Kier alpha value is 0.400. The van der Waals surface area contributed by atoms with Crippen LogP contribution in [0.5, 0.6) is 0 Å². The van der Waals surface area contributed by atoms with E-state index in [0.717, 1.165) is 12.5 Å². The van der Waals surface area contributed by atoms with E-state index < -0.39 is 0 Å². The van der Waals surface area contributed by atoms with Gasteiger partial charge in [0.25, 0.3) is 0 Å². The lowest BCUT2D eigenvalue weighted by Gasteiger charge is -2.34. The van der Waals surface area contributed by atoms with E-state index in [-0.39, 0.29) is 0 Å². The van der Waals surface area contributed by atoms with Crippen LogP contribution in [-0.4, -0.2) is 42.1 Å². The molecule has 2 rings (SSSR count). The molecule has 2 fully saturated rings. The zero-order valence-corrected chi connectivity index (χ0v) is 11.2. The highest BCUT2D eigenvalue weighted by molar-refractivity contribution is 9.09. The SMILES string of the molecule is CC(Br)C1CCN(CC2CCCO2)CC1. The van der Waals surface area contributed by atoms with Gasteiger partial charge in [-0.25, -0.2) is 0 Å². The quantitative estimate of drug-likeness (QED) is 0.735. The first-order valence-electron chi connectivity index (χ1n) is 6.23. The number of rotatable bonds is 3. The standard InChI is InChI=1S/C12H22BrNO/c1-10(13)11-4-6-14(7-5-11)9-12-3-2-8-15-12/h10-12H,2-9H2,1H3. The molecule has 0 aliphatic carbocycles. The first kappa shape index (κ1) is 11.9. The van der Waals surface area contributed by atoms with Gasteiger partial charge in [0.05, 0.1) is 6.10 Å². The van der Waals surface area contributed by atoms with Crippen LogP contribution < -0.4 is 0 Å². The van der Waals surface area contributed by atoms with E-state index in [1.54, 1.807) is 0 Å². The van der Waals surface area contributed by atoms with Crippen molar-refractivity contribution in [2.24, 2.45) is 5.92 Å². The smallest absolute Gasteiger partial charge is 0.0702 e. The Morgan fingerprint density at radius 1 is 1.33 bits per heavy atom. The van der Waals surface area contributed by atoms with Gasteiger partial charge in [-0.2, -0.15) is 0 Å². The summed E-state index contributed by atoms with van der Waals surface area (Å²) in [6, 6.07) is 0. The van der Waals surface area contributed by atoms with Crippen LogP contribution in [0.4, 0.5) is 0 Å². The molecule has 2 aliphatic heterocycles. The molecule has 2 heterocycles. The minimum absolute atomic E-state index is 0.531. The summed E-state index contributed by atoms with van der Waals surface area (Å²) in [5, 5.41) is 0. The van der Waals surface area contributed by atoms with Crippen molar-refractivity contribution in [2.45, 2.75) is 43.5 Å². The van der Waals surface area contributed by atoms with Gasteiger partial charge in [0.15, 0.2) is 0 Å². The van der Waals surface area contributed by atoms with E-state index in [1.807, 2.05) is 0 Å². The Bertz CT molecular complexity index is 184. The monoisotopic (exact) mass is 275 g/mol. The number of halogens is 1. The van der Waals surface area contributed by atoms with Gasteiger partial charge in [-0.1, -0.05) is 22.9 Å². The summed E-state index contributed by atoms with van der Waals surface area (Å²) in [6.45, 7) is 6.96. The molecule has 2 atom stereocenters. The molecule has 15 heavy (non-hydrogen) atoms. The van der Waals surface area contributed by atoms with Crippen molar-refractivity contribution < 1.29 is 4.74 Å². The van der Waals surface area contributed by atoms with Crippen LogP contribution in [0.2, 0.25) is 0 Å². The predicted molar refractivity (Wildman–Crippen MR) is 66.5 cm³/mol. The molecule has 0 aromatic rings. The Labute approximate surface area is 101 Å². The molecule has 0 spiro atoms. The van der Waals surface area contributed by atoms with Gasteiger partial charge in [0.2, 0.25) is 0 Å². The summed E-state index contributed by atoms with van der Waals surface area (Å²) >= 11 is 3.70. The maximum Gasteiger partial charge on any atom is 0.0702 e. The van der Waals surface area contributed by atoms with E-state index in [9.17, 15) is 0 Å². The van der Waals surface area contributed by atoms with Gasteiger partial charge in [0.1, 0.15) is 0 Å². The van der Waals surface area contributed by atoms with Crippen molar-refractivity contribution in [1.29, 1.82) is 0 Å². The molecule has 88 valence electrons. The van der Waals surface area contributed by atoms with Crippen molar-refractivity contribution in [3.8, 4) is 0 Å². The molecular weight excluding hydrogens is 254 g/mol. The van der Waals surface area contributed by atoms with Crippen molar-refractivity contribution in [2.75, 3.05) is 26.2 Å². The van der Waals surface area contributed by atoms with Crippen LogP contribution in [-0.2, 0) is 4.74 Å². The fraction of sp³-hybridized carbons (Fsp3) is 1.00. The zero-order valence-electron chi connectivity index (χ0n) is 9.62. The molecule has 0 aromatic carbocycles. The van der Waals surface area contributed by atoms with Crippen molar-refractivity contribution in [3.63, 3.8) is 0 Å². The highest BCUT2D eigenvalue weighted by Gasteiger charge is 2.25. The maximum atomic E-state index is 5.68. The molecule has 0 bridgehead atoms. The third-order valence-corrected chi connectivity index (χ3v) is 4.52. The normalized spacial score (nSPS) is 32.0. The summed E-state index contributed by atoms with van der Waals surface area (Å²) in [7, 11) is 0. The minimum atomic E-state index is 0.531. The Morgan fingerprint density at radius 2 is 2.07 bits per heavy atom. The van der Waals surface area contributed by atoms with E-state index in [0.29, 0.717) is 10.9 Å². The first-order chi connectivity index (χ1) is 7.25. The van der Waals surface area contributed by atoms with Gasteiger partial charge < -0.3 is 9.64 Å². The second-order valence-corrected chi connectivity index (χ2v) is 6.39. The molecule has 3 heteroatoms. The third-order valence-electron chi connectivity index (χ3n) is 3.77. The number of piperidine rings is 1. The minimum Gasteiger partial charge on any atom is -0.377 e. The van der Waals surface area contributed by atoms with Gasteiger partial charge in [-0.3, -0.25) is 0 Å². The lowest BCUT2D eigenvalue weighted by molar-refractivity contribution is 0.0601. The Morgan fingerprint density at radius 3 is 2.60 bits per heavy atom. The average Bonchev–Trinajstić information content (AvgIpc) is 2.71. The molecular formula is C12H22BrNO. The van der Waals surface area contributed by atoms with Gasteiger partial charge >= 0.3 is 0 Å². The second kappa shape index (κ2) is 5.65. The summed E-state index contributed by atoms with van der Waals surface area (Å²) in [5.41, 5.74) is 0. The van der Waals surface area contributed by atoms with Crippen LogP contribution in [0.25, 0.3) is 0 Å². The molecule has 0 radical (unpaired) electrons. The van der Waals surface area contributed by atoms with Crippen LogP contribution in [0.15, 0.2) is 0 Å². The molecule has 2 unspecified atom stereocenters. The average molecular weight is 276 g/mol. The highest BCUT2D eigenvalue weighted by Crippen LogP contribution is 2.25. The molecule has 0 saturated carbocycles.